The summed E-state index contributed by atoms with van der Waals surface area (Å²) < 4.78 is 2.26. The Morgan fingerprint density at radius 2 is 2.00 bits per heavy atom. The summed E-state index contributed by atoms with van der Waals surface area (Å²) in [5.41, 5.74) is 2.22. The van der Waals surface area contributed by atoms with Crippen LogP contribution in [0.3, 0.4) is 0 Å². The third-order valence-corrected chi connectivity index (χ3v) is 3.99. The van der Waals surface area contributed by atoms with E-state index in [1.165, 1.54) is 5.52 Å². The molecule has 134 valence electrons. The summed E-state index contributed by atoms with van der Waals surface area (Å²) in [4.78, 5) is 20.9. The minimum Gasteiger partial charge on any atom is -0.354 e. The van der Waals surface area contributed by atoms with E-state index in [4.69, 9.17) is 0 Å². The second-order valence-corrected chi connectivity index (χ2v) is 6.03. The van der Waals surface area contributed by atoms with E-state index in [1.54, 1.807) is 0 Å². The fourth-order valence-corrected chi connectivity index (χ4v) is 2.83. The summed E-state index contributed by atoms with van der Waals surface area (Å²) in [6, 6.07) is 8.20. The number of likely N-dealkylation sites (N-methyl/N-ethyl adjacent to an activating group) is 1. The van der Waals surface area contributed by atoms with Gasteiger partial charge in [0.25, 0.3) is 0 Å². The van der Waals surface area contributed by atoms with Crippen molar-refractivity contribution < 1.29 is 4.79 Å². The average molecular weight is 374 g/mol. The lowest BCUT2D eigenvalue weighted by Crippen LogP contribution is -2.42. The zero-order valence-electron chi connectivity index (χ0n) is 14.1. The minimum absolute atomic E-state index is 0. The first-order chi connectivity index (χ1) is 10.6. The van der Waals surface area contributed by atoms with Crippen LogP contribution in [0.15, 0.2) is 24.3 Å². The topological polar surface area (TPSA) is 53.4 Å². The molecule has 8 heteroatoms. The van der Waals surface area contributed by atoms with Gasteiger partial charge in [0.1, 0.15) is 5.82 Å². The molecule has 0 fully saturated rings. The zero-order valence-corrected chi connectivity index (χ0v) is 15.7. The maximum absolute atomic E-state index is 12.0. The van der Waals surface area contributed by atoms with Crippen LogP contribution in [0, 0.1) is 0 Å². The molecule has 0 saturated carbocycles. The Morgan fingerprint density at radius 3 is 2.75 bits per heavy atom. The van der Waals surface area contributed by atoms with Crippen LogP contribution in [-0.4, -0.2) is 65.5 Å². The first kappa shape index (κ1) is 20.7. The number of benzene rings is 1. The number of nitrogens with zero attached hydrogens (tertiary/aromatic N) is 4. The second kappa shape index (κ2) is 9.22. The molecule has 0 bridgehead atoms. The summed E-state index contributed by atoms with van der Waals surface area (Å²) in [6.45, 7) is 4.50. The van der Waals surface area contributed by atoms with Gasteiger partial charge in [0.05, 0.1) is 24.1 Å². The number of hydrogen-bond acceptors (Lipinski definition) is 4. The summed E-state index contributed by atoms with van der Waals surface area (Å²) in [5, 5.41) is 2.96. The van der Waals surface area contributed by atoms with Crippen molar-refractivity contribution in [1.82, 2.24) is 24.7 Å². The number of amides is 1. The highest BCUT2D eigenvalue weighted by atomic mass is 35.5. The molecular formula is C16H25Cl2N5O. The number of halogens is 2. The molecule has 24 heavy (non-hydrogen) atoms. The van der Waals surface area contributed by atoms with Gasteiger partial charge in [-0.1, -0.05) is 12.1 Å². The van der Waals surface area contributed by atoms with Gasteiger partial charge >= 0.3 is 0 Å². The summed E-state index contributed by atoms with van der Waals surface area (Å²) in [6.07, 6.45) is 0. The first-order valence-corrected chi connectivity index (χ1v) is 7.71. The van der Waals surface area contributed by atoms with Crippen LogP contribution in [0.2, 0.25) is 0 Å². The lowest BCUT2D eigenvalue weighted by molar-refractivity contribution is -0.122. The molecule has 3 rings (SSSR count). The zero-order chi connectivity index (χ0) is 15.5. The van der Waals surface area contributed by atoms with Crippen molar-refractivity contribution in [2.75, 3.05) is 40.3 Å². The van der Waals surface area contributed by atoms with E-state index in [1.807, 2.05) is 32.3 Å². The third kappa shape index (κ3) is 4.83. The van der Waals surface area contributed by atoms with E-state index in [2.05, 4.69) is 30.7 Å². The van der Waals surface area contributed by atoms with Gasteiger partial charge < -0.3 is 14.8 Å². The SMILES string of the molecule is CN(C)CCNC(=O)CN1CCn2c(nc3ccccc32)C1.Cl.Cl. The number of imidazole rings is 1. The quantitative estimate of drug-likeness (QED) is 0.859. The number of rotatable bonds is 5. The standard InChI is InChI=1S/C16H23N5O.2ClH/c1-19(2)8-7-17-16(22)12-20-9-10-21-14-6-4-3-5-13(14)18-15(21)11-20;;/h3-6H,7-12H2,1-2H3,(H,17,22);2*1H. The van der Waals surface area contributed by atoms with Crippen molar-refractivity contribution in [2.45, 2.75) is 13.1 Å². The van der Waals surface area contributed by atoms with E-state index in [-0.39, 0.29) is 30.7 Å². The van der Waals surface area contributed by atoms with Gasteiger partial charge in [-0.25, -0.2) is 4.98 Å². The Kier molecular flexibility index (Phi) is 7.96. The van der Waals surface area contributed by atoms with Gasteiger partial charge in [-0.15, -0.1) is 24.8 Å². The maximum Gasteiger partial charge on any atom is 0.234 e. The molecule has 0 radical (unpaired) electrons. The van der Waals surface area contributed by atoms with E-state index < -0.39 is 0 Å². The van der Waals surface area contributed by atoms with E-state index >= 15 is 0 Å². The molecule has 1 N–H and O–H groups in total. The Balaban J connectivity index is 0.00000144. The lowest BCUT2D eigenvalue weighted by atomic mass is 10.3. The molecule has 2 aromatic rings. The van der Waals surface area contributed by atoms with Crippen LogP contribution in [0.5, 0.6) is 0 Å². The predicted octanol–water partition coefficient (Wildman–Crippen LogP) is 1.37. The monoisotopic (exact) mass is 373 g/mol. The van der Waals surface area contributed by atoms with Crippen molar-refractivity contribution in [1.29, 1.82) is 0 Å². The third-order valence-electron chi connectivity index (χ3n) is 3.99. The fourth-order valence-electron chi connectivity index (χ4n) is 2.83. The Hall–Kier alpha value is -1.34. The molecule has 1 aliphatic rings. The van der Waals surface area contributed by atoms with Crippen molar-refractivity contribution in [3.8, 4) is 0 Å². The van der Waals surface area contributed by atoms with E-state index in [9.17, 15) is 4.79 Å². The molecule has 1 aromatic carbocycles. The molecule has 0 aliphatic carbocycles. The van der Waals surface area contributed by atoms with Gasteiger partial charge in [-0.3, -0.25) is 9.69 Å². The highest BCUT2D eigenvalue weighted by Crippen LogP contribution is 2.20. The highest BCUT2D eigenvalue weighted by molar-refractivity contribution is 5.85. The van der Waals surface area contributed by atoms with Gasteiger partial charge in [0.15, 0.2) is 0 Å². The molecule has 0 saturated heterocycles. The molecule has 0 unspecified atom stereocenters. The summed E-state index contributed by atoms with van der Waals surface area (Å²) >= 11 is 0. The van der Waals surface area contributed by atoms with Crippen LogP contribution in [-0.2, 0) is 17.9 Å². The van der Waals surface area contributed by atoms with Crippen molar-refractivity contribution in [3.05, 3.63) is 30.1 Å². The Bertz CT molecular complexity index is 674. The molecule has 2 heterocycles. The summed E-state index contributed by atoms with van der Waals surface area (Å²) in [5.74, 6) is 1.14. The van der Waals surface area contributed by atoms with Crippen molar-refractivity contribution in [2.24, 2.45) is 0 Å². The van der Waals surface area contributed by atoms with E-state index in [0.717, 1.165) is 37.5 Å². The predicted molar refractivity (Wildman–Crippen MR) is 101 cm³/mol. The summed E-state index contributed by atoms with van der Waals surface area (Å²) in [7, 11) is 4.00. The molecule has 0 atom stereocenters. The van der Waals surface area contributed by atoms with Crippen LogP contribution in [0.4, 0.5) is 0 Å². The van der Waals surface area contributed by atoms with Crippen LogP contribution in [0.1, 0.15) is 5.82 Å². The molecule has 1 aromatic heterocycles. The number of nitrogens with one attached hydrogen (secondary N) is 1. The lowest BCUT2D eigenvalue weighted by Gasteiger charge is -2.27. The highest BCUT2D eigenvalue weighted by Gasteiger charge is 2.21. The molecule has 6 nitrogen and oxygen atoms in total. The smallest absolute Gasteiger partial charge is 0.234 e. The van der Waals surface area contributed by atoms with Gasteiger partial charge in [-0.05, 0) is 26.2 Å². The molecule has 1 amide bonds. The van der Waals surface area contributed by atoms with Gasteiger partial charge in [0.2, 0.25) is 5.91 Å². The first-order valence-electron chi connectivity index (χ1n) is 7.71. The normalized spacial score (nSPS) is 14.0. The Labute approximate surface area is 155 Å². The fraction of sp³-hybridized carbons (Fsp3) is 0.500. The van der Waals surface area contributed by atoms with Crippen LogP contribution in [0.25, 0.3) is 11.0 Å². The number of hydrogen-bond donors (Lipinski definition) is 1. The van der Waals surface area contributed by atoms with Crippen molar-refractivity contribution in [3.63, 3.8) is 0 Å². The molecule has 0 spiro atoms. The van der Waals surface area contributed by atoms with Crippen LogP contribution < -0.4 is 5.32 Å². The number of carbonyl (C=O) groups is 1. The number of carbonyl (C=O) groups excluding carboxylic acids is 1. The van der Waals surface area contributed by atoms with Crippen LogP contribution >= 0.6 is 24.8 Å². The molecular weight excluding hydrogens is 349 g/mol. The van der Waals surface area contributed by atoms with Gasteiger partial charge in [0, 0.05) is 26.2 Å². The maximum atomic E-state index is 12.0. The molecule has 1 aliphatic heterocycles. The van der Waals surface area contributed by atoms with Gasteiger partial charge in [-0.2, -0.15) is 0 Å². The number of fused-ring (bicyclic) bond motifs is 3. The second-order valence-electron chi connectivity index (χ2n) is 6.03. The average Bonchev–Trinajstić information content (AvgIpc) is 2.84. The largest absolute Gasteiger partial charge is 0.354 e. The number of para-hydroxylation sites is 2. The number of aromatic nitrogens is 2. The minimum atomic E-state index is 0. The Morgan fingerprint density at radius 1 is 1.25 bits per heavy atom. The van der Waals surface area contributed by atoms with Crippen molar-refractivity contribution >= 4 is 41.8 Å². The van der Waals surface area contributed by atoms with E-state index in [0.29, 0.717) is 13.1 Å².